The molecule has 1 N–H and O–H groups in total. The first-order valence-electron chi connectivity index (χ1n) is 12.4. The molecule has 0 aliphatic carbocycles. The Bertz CT molecular complexity index is 1540. The van der Waals surface area contributed by atoms with E-state index in [1.807, 2.05) is 66.1 Å². The van der Waals surface area contributed by atoms with Gasteiger partial charge < -0.3 is 10.2 Å². The van der Waals surface area contributed by atoms with Crippen LogP contribution < -0.4 is 21.5 Å². The van der Waals surface area contributed by atoms with Gasteiger partial charge in [0.1, 0.15) is 0 Å². The summed E-state index contributed by atoms with van der Waals surface area (Å²) in [6.45, 7) is 5.43. The molecule has 2 aromatic heterocycles. The smallest absolute Gasteiger partial charge is 0.332 e. The molecule has 2 aromatic carbocycles. The highest BCUT2D eigenvalue weighted by molar-refractivity contribution is 5.92. The Morgan fingerprint density at radius 2 is 1.59 bits per heavy atom. The first-order valence-corrected chi connectivity index (χ1v) is 12.4. The van der Waals surface area contributed by atoms with E-state index in [1.165, 1.54) is 11.6 Å². The molecule has 192 valence electrons. The highest BCUT2D eigenvalue weighted by Gasteiger charge is 2.26. The van der Waals surface area contributed by atoms with Crippen LogP contribution in [0.2, 0.25) is 0 Å². The number of carbonyl (C=O) groups is 1. The number of hydrogen-bond donors (Lipinski definition) is 1. The number of benzene rings is 2. The Morgan fingerprint density at radius 3 is 2.27 bits per heavy atom. The van der Waals surface area contributed by atoms with Crippen LogP contribution in [0.25, 0.3) is 11.2 Å². The number of nitrogens with one attached hydrogen (secondary N) is 1. The number of anilines is 2. The monoisotopic (exact) mass is 501 g/mol. The summed E-state index contributed by atoms with van der Waals surface area (Å²) in [7, 11) is 3.13. The lowest BCUT2D eigenvalue weighted by Gasteiger charge is -2.35. The number of carbonyl (C=O) groups excluding carboxylic acids is 1. The standard InChI is InChI=1S/C27H31N7O3/c1-19-9-11-20(12-10-19)17-34-23-24(30(2)27(37)31(3)25(23)36)29-26(34)33-15-13-32(14-16-33)18-22(35)28-21-7-5-4-6-8-21/h4-12H,13-18H2,1-3H3,(H,28,35). The molecule has 0 radical (unpaired) electrons. The fraction of sp³-hybridized carbons (Fsp3) is 0.333. The van der Waals surface area contributed by atoms with Crippen LogP contribution in [0.3, 0.4) is 0 Å². The van der Waals surface area contributed by atoms with E-state index in [1.54, 1.807) is 7.05 Å². The molecule has 10 nitrogen and oxygen atoms in total. The summed E-state index contributed by atoms with van der Waals surface area (Å²) < 4.78 is 4.47. The molecule has 0 spiro atoms. The predicted octanol–water partition coefficient (Wildman–Crippen LogP) is 1.55. The van der Waals surface area contributed by atoms with Crippen LogP contribution in [0.5, 0.6) is 0 Å². The van der Waals surface area contributed by atoms with Crippen LogP contribution in [0.1, 0.15) is 11.1 Å². The van der Waals surface area contributed by atoms with Gasteiger partial charge in [-0.15, -0.1) is 0 Å². The average Bonchev–Trinajstić information content (AvgIpc) is 3.27. The zero-order valence-corrected chi connectivity index (χ0v) is 21.3. The molecule has 3 heterocycles. The van der Waals surface area contributed by atoms with Gasteiger partial charge in [0.2, 0.25) is 11.9 Å². The highest BCUT2D eigenvalue weighted by Crippen LogP contribution is 2.23. The van der Waals surface area contributed by atoms with Crippen molar-refractivity contribution < 1.29 is 4.79 Å². The topological polar surface area (TPSA) is 97.4 Å². The molecule has 1 amide bonds. The van der Waals surface area contributed by atoms with Gasteiger partial charge in [-0.1, -0.05) is 48.0 Å². The lowest BCUT2D eigenvalue weighted by atomic mass is 10.1. The van der Waals surface area contributed by atoms with Gasteiger partial charge >= 0.3 is 5.69 Å². The zero-order valence-electron chi connectivity index (χ0n) is 21.3. The minimum Gasteiger partial charge on any atom is -0.340 e. The molecule has 1 aliphatic heterocycles. The molecular formula is C27H31N7O3. The largest absolute Gasteiger partial charge is 0.340 e. The van der Waals surface area contributed by atoms with Crippen molar-refractivity contribution in [2.75, 3.05) is 42.9 Å². The molecule has 1 aliphatic rings. The summed E-state index contributed by atoms with van der Waals surface area (Å²) in [5.41, 5.74) is 3.00. The van der Waals surface area contributed by atoms with E-state index in [4.69, 9.17) is 4.98 Å². The van der Waals surface area contributed by atoms with E-state index < -0.39 is 5.69 Å². The van der Waals surface area contributed by atoms with Crippen LogP contribution in [0.15, 0.2) is 64.2 Å². The third-order valence-corrected chi connectivity index (χ3v) is 6.87. The summed E-state index contributed by atoms with van der Waals surface area (Å²) in [5, 5.41) is 2.93. The Kier molecular flexibility index (Phi) is 6.66. The Morgan fingerprint density at radius 1 is 0.919 bits per heavy atom. The maximum atomic E-state index is 13.2. The minimum absolute atomic E-state index is 0.0512. The first kappa shape index (κ1) is 24.5. The van der Waals surface area contributed by atoms with Gasteiger partial charge in [-0.05, 0) is 24.6 Å². The number of amides is 1. The number of rotatable bonds is 6. The molecule has 1 saturated heterocycles. The summed E-state index contributed by atoms with van der Waals surface area (Å²) in [5.74, 6) is 0.604. The fourth-order valence-corrected chi connectivity index (χ4v) is 4.73. The van der Waals surface area contributed by atoms with Crippen molar-refractivity contribution >= 4 is 28.7 Å². The van der Waals surface area contributed by atoms with Crippen LogP contribution in [0, 0.1) is 6.92 Å². The molecule has 0 atom stereocenters. The van der Waals surface area contributed by atoms with Gasteiger partial charge in [0.15, 0.2) is 11.2 Å². The van der Waals surface area contributed by atoms with Gasteiger partial charge in [-0.2, -0.15) is 4.98 Å². The second kappa shape index (κ2) is 10.1. The number of aromatic nitrogens is 4. The second-order valence-corrected chi connectivity index (χ2v) is 9.54. The van der Waals surface area contributed by atoms with E-state index in [-0.39, 0.29) is 11.5 Å². The highest BCUT2D eigenvalue weighted by atomic mass is 16.2. The molecule has 5 rings (SSSR count). The summed E-state index contributed by atoms with van der Waals surface area (Å²) in [6, 6.07) is 17.6. The number of hydrogen-bond acceptors (Lipinski definition) is 6. The molecule has 0 saturated carbocycles. The van der Waals surface area contributed by atoms with Gasteiger partial charge in [0, 0.05) is 46.0 Å². The van der Waals surface area contributed by atoms with Gasteiger partial charge in [0.05, 0.1) is 13.1 Å². The van der Waals surface area contributed by atoms with E-state index in [0.29, 0.717) is 56.4 Å². The first-order chi connectivity index (χ1) is 17.8. The quantitative estimate of drug-likeness (QED) is 0.431. The van der Waals surface area contributed by atoms with E-state index >= 15 is 0 Å². The van der Waals surface area contributed by atoms with Crippen molar-refractivity contribution in [3.8, 4) is 0 Å². The van der Waals surface area contributed by atoms with Crippen molar-refractivity contribution in [3.63, 3.8) is 0 Å². The Hall–Kier alpha value is -4.18. The average molecular weight is 502 g/mol. The number of imidazole rings is 1. The molecule has 4 aromatic rings. The lowest BCUT2D eigenvalue weighted by molar-refractivity contribution is -0.117. The number of fused-ring (bicyclic) bond motifs is 1. The normalized spacial score (nSPS) is 14.3. The SMILES string of the molecule is Cc1ccc(Cn2c(N3CCN(CC(=O)Nc4ccccc4)CC3)nc3c2c(=O)n(C)c(=O)n3C)cc1. The third-order valence-electron chi connectivity index (χ3n) is 6.87. The molecule has 0 unspecified atom stereocenters. The summed E-state index contributed by atoms with van der Waals surface area (Å²) >= 11 is 0. The Labute approximate surface area is 214 Å². The van der Waals surface area contributed by atoms with E-state index in [9.17, 15) is 14.4 Å². The molecule has 0 bridgehead atoms. The van der Waals surface area contributed by atoms with E-state index in [2.05, 4.69) is 15.1 Å². The molecule has 10 heteroatoms. The van der Waals surface area contributed by atoms with Crippen LogP contribution in [-0.4, -0.2) is 62.2 Å². The summed E-state index contributed by atoms with van der Waals surface area (Å²) in [4.78, 5) is 47.3. The second-order valence-electron chi connectivity index (χ2n) is 9.54. The number of para-hydroxylation sites is 1. The van der Waals surface area contributed by atoms with E-state index in [0.717, 1.165) is 21.4 Å². The predicted molar refractivity (Wildman–Crippen MR) is 144 cm³/mol. The number of aryl methyl sites for hydroxylation is 2. The molecule has 1 fully saturated rings. The minimum atomic E-state index is -0.404. The summed E-state index contributed by atoms with van der Waals surface area (Å²) in [6.07, 6.45) is 0. The zero-order chi connectivity index (χ0) is 26.1. The third kappa shape index (κ3) is 4.92. The number of piperazine rings is 1. The van der Waals surface area contributed by atoms with Crippen molar-refractivity contribution in [1.29, 1.82) is 0 Å². The molecule has 37 heavy (non-hydrogen) atoms. The van der Waals surface area contributed by atoms with Crippen LogP contribution in [-0.2, 0) is 25.4 Å². The number of nitrogens with zero attached hydrogens (tertiary/aromatic N) is 6. The van der Waals surface area contributed by atoms with Crippen molar-refractivity contribution in [2.24, 2.45) is 14.1 Å². The maximum Gasteiger partial charge on any atom is 0.332 e. The molecular weight excluding hydrogens is 470 g/mol. The maximum absolute atomic E-state index is 13.2. The fourth-order valence-electron chi connectivity index (χ4n) is 4.73. The van der Waals surface area contributed by atoms with Gasteiger partial charge in [-0.3, -0.25) is 28.2 Å². The van der Waals surface area contributed by atoms with Crippen LogP contribution >= 0.6 is 0 Å². The lowest BCUT2D eigenvalue weighted by Crippen LogP contribution is -2.49. The van der Waals surface area contributed by atoms with Crippen molar-refractivity contribution in [3.05, 3.63) is 86.6 Å². The van der Waals surface area contributed by atoms with Crippen molar-refractivity contribution in [2.45, 2.75) is 13.5 Å². The van der Waals surface area contributed by atoms with Gasteiger partial charge in [0.25, 0.3) is 5.56 Å². The van der Waals surface area contributed by atoms with Crippen LogP contribution in [0.4, 0.5) is 11.6 Å². The van der Waals surface area contributed by atoms with Gasteiger partial charge in [-0.25, -0.2) is 4.79 Å². The van der Waals surface area contributed by atoms with Crippen molar-refractivity contribution in [1.82, 2.24) is 23.6 Å². The Balaban J connectivity index is 1.40.